The lowest BCUT2D eigenvalue weighted by Crippen LogP contribution is -2.29. The number of aromatic nitrogens is 4. The van der Waals surface area contributed by atoms with Crippen LogP contribution in [0.5, 0.6) is 0 Å². The van der Waals surface area contributed by atoms with Gasteiger partial charge in [-0.2, -0.15) is 10.2 Å². The van der Waals surface area contributed by atoms with Crippen molar-refractivity contribution in [2.75, 3.05) is 5.32 Å². The molecule has 25 heavy (non-hydrogen) atoms. The Morgan fingerprint density at radius 3 is 2.60 bits per heavy atom. The average Bonchev–Trinajstić information content (AvgIpc) is 3.10. The molecule has 2 heterocycles. The molecular weight excluding hydrogens is 316 g/mol. The number of amides is 2. The van der Waals surface area contributed by atoms with Gasteiger partial charge in [-0.1, -0.05) is 24.3 Å². The summed E-state index contributed by atoms with van der Waals surface area (Å²) in [5, 5.41) is 14.3. The van der Waals surface area contributed by atoms with Crippen molar-refractivity contribution in [1.82, 2.24) is 24.9 Å². The maximum absolute atomic E-state index is 12.2. The van der Waals surface area contributed by atoms with Crippen LogP contribution in [-0.2, 0) is 20.6 Å². The van der Waals surface area contributed by atoms with Gasteiger partial charge in [0.1, 0.15) is 5.82 Å². The largest absolute Gasteiger partial charge is 0.334 e. The minimum Gasteiger partial charge on any atom is -0.334 e. The predicted octanol–water partition coefficient (Wildman–Crippen LogP) is 2.76. The van der Waals surface area contributed by atoms with E-state index in [1.54, 1.807) is 15.6 Å². The minimum atomic E-state index is -0.275. The van der Waals surface area contributed by atoms with Crippen LogP contribution in [0, 0.1) is 13.8 Å². The molecule has 0 aliphatic heterocycles. The summed E-state index contributed by atoms with van der Waals surface area (Å²) in [6.07, 6.45) is 1.76. The molecule has 7 heteroatoms. The number of rotatable bonds is 4. The Balaban J connectivity index is 1.68. The molecule has 0 fully saturated rings. The van der Waals surface area contributed by atoms with Crippen molar-refractivity contribution >= 4 is 11.8 Å². The number of aryl methyl sites for hydroxylation is 3. The first kappa shape index (κ1) is 16.8. The summed E-state index contributed by atoms with van der Waals surface area (Å²) in [4.78, 5) is 12.2. The van der Waals surface area contributed by atoms with Crippen LogP contribution in [-0.4, -0.2) is 25.6 Å². The van der Waals surface area contributed by atoms with E-state index in [0.29, 0.717) is 12.4 Å². The first-order valence-corrected chi connectivity index (χ1v) is 8.08. The van der Waals surface area contributed by atoms with E-state index in [9.17, 15) is 4.79 Å². The van der Waals surface area contributed by atoms with E-state index in [4.69, 9.17) is 0 Å². The van der Waals surface area contributed by atoms with E-state index < -0.39 is 0 Å². The maximum atomic E-state index is 12.2. The highest BCUT2D eigenvalue weighted by atomic mass is 16.2. The maximum Gasteiger partial charge on any atom is 0.320 e. The Morgan fingerprint density at radius 1 is 1.16 bits per heavy atom. The van der Waals surface area contributed by atoms with Crippen molar-refractivity contribution in [3.05, 3.63) is 53.3 Å². The molecule has 0 atom stereocenters. The summed E-state index contributed by atoms with van der Waals surface area (Å²) in [7, 11) is 3.68. The zero-order valence-corrected chi connectivity index (χ0v) is 14.9. The topological polar surface area (TPSA) is 76.8 Å². The van der Waals surface area contributed by atoms with E-state index in [1.165, 1.54) is 0 Å². The third-order valence-electron chi connectivity index (χ3n) is 4.32. The summed E-state index contributed by atoms with van der Waals surface area (Å²) in [5.41, 5.74) is 5.05. The Morgan fingerprint density at radius 2 is 1.92 bits per heavy atom. The van der Waals surface area contributed by atoms with Gasteiger partial charge < -0.3 is 5.32 Å². The SMILES string of the molecule is Cc1ccccc1-c1cc(NC(=O)NCc2cnn(C)c2C)n(C)n1. The van der Waals surface area contributed by atoms with E-state index in [1.807, 2.05) is 58.3 Å². The smallest absolute Gasteiger partial charge is 0.320 e. The number of hydrogen-bond donors (Lipinski definition) is 2. The molecule has 0 aliphatic carbocycles. The molecule has 0 spiro atoms. The quantitative estimate of drug-likeness (QED) is 0.768. The molecular formula is C18H22N6O. The van der Waals surface area contributed by atoms with Crippen molar-refractivity contribution in [2.45, 2.75) is 20.4 Å². The molecule has 2 aromatic heterocycles. The summed E-state index contributed by atoms with van der Waals surface area (Å²) < 4.78 is 3.45. The first-order chi connectivity index (χ1) is 12.0. The van der Waals surface area contributed by atoms with Gasteiger partial charge in [0.25, 0.3) is 0 Å². The van der Waals surface area contributed by atoms with Crippen molar-refractivity contribution < 1.29 is 4.79 Å². The molecule has 3 aromatic rings. The van der Waals surface area contributed by atoms with Crippen molar-refractivity contribution in [3.8, 4) is 11.3 Å². The second kappa shape index (κ2) is 6.80. The van der Waals surface area contributed by atoms with Crippen molar-refractivity contribution in [2.24, 2.45) is 14.1 Å². The monoisotopic (exact) mass is 338 g/mol. The first-order valence-electron chi connectivity index (χ1n) is 8.08. The van der Waals surface area contributed by atoms with Gasteiger partial charge in [-0.3, -0.25) is 14.7 Å². The molecule has 0 unspecified atom stereocenters. The number of benzene rings is 1. The van der Waals surface area contributed by atoms with E-state index >= 15 is 0 Å². The Bertz CT molecular complexity index is 908. The Labute approximate surface area is 146 Å². The molecule has 2 amide bonds. The highest BCUT2D eigenvalue weighted by Crippen LogP contribution is 2.24. The fraction of sp³-hybridized carbons (Fsp3) is 0.278. The van der Waals surface area contributed by atoms with Gasteiger partial charge >= 0.3 is 6.03 Å². The number of hydrogen-bond acceptors (Lipinski definition) is 3. The molecule has 1 aromatic carbocycles. The molecule has 130 valence electrons. The van der Waals surface area contributed by atoms with Gasteiger partial charge in [-0.15, -0.1) is 0 Å². The Kier molecular flexibility index (Phi) is 4.56. The molecule has 2 N–H and O–H groups in total. The highest BCUT2D eigenvalue weighted by molar-refractivity contribution is 5.89. The van der Waals surface area contributed by atoms with E-state index in [2.05, 4.69) is 20.8 Å². The van der Waals surface area contributed by atoms with Crippen LogP contribution < -0.4 is 10.6 Å². The highest BCUT2D eigenvalue weighted by Gasteiger charge is 2.12. The zero-order valence-electron chi connectivity index (χ0n) is 14.9. The van der Waals surface area contributed by atoms with Crippen LogP contribution in [0.4, 0.5) is 10.6 Å². The van der Waals surface area contributed by atoms with Gasteiger partial charge in [0, 0.05) is 43.5 Å². The third kappa shape index (κ3) is 3.55. The molecule has 0 aliphatic rings. The van der Waals surface area contributed by atoms with Crippen LogP contribution >= 0.6 is 0 Å². The van der Waals surface area contributed by atoms with Crippen LogP contribution in [0.3, 0.4) is 0 Å². The van der Waals surface area contributed by atoms with Gasteiger partial charge in [-0.25, -0.2) is 4.79 Å². The lowest BCUT2D eigenvalue weighted by atomic mass is 10.1. The zero-order chi connectivity index (χ0) is 18.0. The number of urea groups is 1. The summed E-state index contributed by atoms with van der Waals surface area (Å²) in [5.74, 6) is 0.638. The fourth-order valence-corrected chi connectivity index (χ4v) is 2.63. The van der Waals surface area contributed by atoms with Crippen molar-refractivity contribution in [1.29, 1.82) is 0 Å². The molecule has 0 saturated heterocycles. The van der Waals surface area contributed by atoms with Gasteiger partial charge in [0.2, 0.25) is 0 Å². The van der Waals surface area contributed by atoms with Crippen LogP contribution in [0.25, 0.3) is 11.3 Å². The lowest BCUT2D eigenvalue weighted by Gasteiger charge is -2.07. The van der Waals surface area contributed by atoms with Gasteiger partial charge in [0.05, 0.1) is 11.9 Å². The minimum absolute atomic E-state index is 0.275. The molecule has 0 bridgehead atoms. The number of nitrogens with one attached hydrogen (secondary N) is 2. The second-order valence-electron chi connectivity index (χ2n) is 6.04. The van der Waals surface area contributed by atoms with Crippen LogP contribution in [0.1, 0.15) is 16.8 Å². The summed E-state index contributed by atoms with van der Waals surface area (Å²) in [6, 6.07) is 9.63. The predicted molar refractivity (Wildman–Crippen MR) is 97.2 cm³/mol. The molecule has 7 nitrogen and oxygen atoms in total. The van der Waals surface area contributed by atoms with Gasteiger partial charge in [-0.05, 0) is 19.4 Å². The Hall–Kier alpha value is -3.09. The van der Waals surface area contributed by atoms with Crippen LogP contribution in [0.2, 0.25) is 0 Å². The normalized spacial score (nSPS) is 10.7. The molecule has 3 rings (SSSR count). The van der Waals surface area contributed by atoms with E-state index in [0.717, 1.165) is 28.1 Å². The number of nitrogens with zero attached hydrogens (tertiary/aromatic N) is 4. The summed E-state index contributed by atoms with van der Waals surface area (Å²) in [6.45, 7) is 4.44. The molecule has 0 radical (unpaired) electrons. The third-order valence-corrected chi connectivity index (χ3v) is 4.32. The van der Waals surface area contributed by atoms with Gasteiger partial charge in [0.15, 0.2) is 0 Å². The number of anilines is 1. The van der Waals surface area contributed by atoms with Crippen LogP contribution in [0.15, 0.2) is 36.5 Å². The lowest BCUT2D eigenvalue weighted by molar-refractivity contribution is 0.251. The van der Waals surface area contributed by atoms with E-state index in [-0.39, 0.29) is 6.03 Å². The number of carbonyl (C=O) groups excluding carboxylic acids is 1. The average molecular weight is 338 g/mol. The fourth-order valence-electron chi connectivity index (χ4n) is 2.63. The standard InChI is InChI=1S/C18H22N6O/c1-12-7-5-6-8-15(12)16-9-17(24(4)22-16)21-18(25)19-10-14-11-20-23(3)13(14)2/h5-9,11H,10H2,1-4H3,(H2,19,21,25). The summed E-state index contributed by atoms with van der Waals surface area (Å²) >= 11 is 0. The second-order valence-corrected chi connectivity index (χ2v) is 6.04. The number of carbonyl (C=O) groups is 1. The van der Waals surface area contributed by atoms with Crippen molar-refractivity contribution in [3.63, 3.8) is 0 Å². The molecule has 0 saturated carbocycles.